The standard InChI is InChI=1S/C46H50N3O/c1-29(2)35-17-13-18-36(30(3)4)44(35)47-28-27-43(50)49(45-37(31(5)6)19-14-20-38(45)32(7)8)46(47)33-23-25-34(26-24-33)48-41-21-11-9-15-39(41)40-16-10-12-22-42(40)48/h9-26,29-32H,27-28H2,1-8H3. The van der Waals surface area contributed by atoms with E-state index in [4.69, 9.17) is 0 Å². The first-order valence-electron chi connectivity index (χ1n) is 18.4. The van der Waals surface area contributed by atoms with E-state index in [2.05, 4.69) is 179 Å². The van der Waals surface area contributed by atoms with Crippen LogP contribution >= 0.6 is 0 Å². The van der Waals surface area contributed by atoms with Gasteiger partial charge in [0.15, 0.2) is 6.17 Å². The molecule has 1 saturated heterocycles. The second-order valence-corrected chi connectivity index (χ2v) is 15.1. The van der Waals surface area contributed by atoms with E-state index in [-0.39, 0.29) is 17.7 Å². The van der Waals surface area contributed by atoms with Crippen molar-refractivity contribution in [2.45, 2.75) is 85.5 Å². The van der Waals surface area contributed by atoms with Crippen LogP contribution in [-0.2, 0) is 4.79 Å². The summed E-state index contributed by atoms with van der Waals surface area (Å²) in [4.78, 5) is 19.1. The van der Waals surface area contributed by atoms with Crippen molar-refractivity contribution in [2.75, 3.05) is 16.3 Å². The summed E-state index contributed by atoms with van der Waals surface area (Å²) in [6.45, 7) is 18.7. The smallest absolute Gasteiger partial charge is 0.231 e. The van der Waals surface area contributed by atoms with Crippen LogP contribution in [0.1, 0.15) is 113 Å². The number of amides is 1. The minimum absolute atomic E-state index is 0.144. The number of anilines is 2. The van der Waals surface area contributed by atoms with Crippen molar-refractivity contribution in [1.29, 1.82) is 0 Å². The molecule has 0 aliphatic carbocycles. The third-order valence-corrected chi connectivity index (χ3v) is 10.4. The predicted octanol–water partition coefficient (Wildman–Crippen LogP) is 12.1. The van der Waals surface area contributed by atoms with Gasteiger partial charge in [-0.25, -0.2) is 0 Å². The van der Waals surface area contributed by atoms with E-state index < -0.39 is 0 Å². The number of hydrogen-bond donors (Lipinski definition) is 0. The van der Waals surface area contributed by atoms with Crippen LogP contribution in [0.3, 0.4) is 0 Å². The quantitative estimate of drug-likeness (QED) is 0.163. The molecular formula is C46H50N3O. The molecule has 0 N–H and O–H groups in total. The van der Waals surface area contributed by atoms with Crippen molar-refractivity contribution in [1.82, 2.24) is 4.57 Å². The van der Waals surface area contributed by atoms with Crippen LogP contribution in [0.4, 0.5) is 11.4 Å². The number of aromatic nitrogens is 1. The molecule has 0 bridgehead atoms. The van der Waals surface area contributed by atoms with Crippen LogP contribution in [0, 0.1) is 6.17 Å². The molecule has 0 saturated carbocycles. The zero-order valence-electron chi connectivity index (χ0n) is 30.9. The predicted molar refractivity (Wildman–Crippen MR) is 212 cm³/mol. The van der Waals surface area contributed by atoms with Gasteiger partial charge >= 0.3 is 0 Å². The van der Waals surface area contributed by atoms with Gasteiger partial charge in [-0.05, 0) is 70.2 Å². The Bertz CT molecular complexity index is 2060. The number of carbonyl (C=O) groups is 1. The van der Waals surface area contributed by atoms with Gasteiger partial charge in [0.1, 0.15) is 0 Å². The van der Waals surface area contributed by atoms with Crippen molar-refractivity contribution < 1.29 is 4.79 Å². The highest BCUT2D eigenvalue weighted by Gasteiger charge is 2.42. The Hall–Kier alpha value is -4.83. The molecule has 1 fully saturated rings. The number of nitrogens with zero attached hydrogens (tertiary/aromatic N) is 3. The second-order valence-electron chi connectivity index (χ2n) is 15.1. The fourth-order valence-corrected chi connectivity index (χ4v) is 7.95. The minimum Gasteiger partial charge on any atom is -0.340 e. The zero-order chi connectivity index (χ0) is 35.3. The topological polar surface area (TPSA) is 28.5 Å². The highest BCUT2D eigenvalue weighted by atomic mass is 16.2. The van der Waals surface area contributed by atoms with Crippen LogP contribution < -0.4 is 9.80 Å². The SMILES string of the molecule is CC(C)c1cccc(C(C)C)c1N1CCC(=O)N(c2c(C(C)C)cccc2C(C)C)[C]1c1ccc(-n2c3ccccc3c3ccccc32)cc1. The Labute approximate surface area is 298 Å². The first kappa shape index (κ1) is 33.7. The van der Waals surface area contributed by atoms with Gasteiger partial charge in [-0.3, -0.25) is 9.69 Å². The van der Waals surface area contributed by atoms with E-state index in [1.807, 2.05) is 0 Å². The summed E-state index contributed by atoms with van der Waals surface area (Å²) < 4.78 is 2.36. The molecule has 255 valence electrons. The number of benzene rings is 5. The van der Waals surface area contributed by atoms with Gasteiger partial charge in [-0.15, -0.1) is 0 Å². The molecule has 2 heterocycles. The van der Waals surface area contributed by atoms with Gasteiger partial charge in [-0.1, -0.05) is 140 Å². The number of rotatable bonds is 8. The second kappa shape index (κ2) is 13.5. The summed E-state index contributed by atoms with van der Waals surface area (Å²) in [6.07, 6.45) is 1.39. The molecule has 6 aromatic rings. The lowest BCUT2D eigenvalue weighted by atomic mass is 9.88. The summed E-state index contributed by atoms with van der Waals surface area (Å²) in [5.41, 5.74) is 11.8. The largest absolute Gasteiger partial charge is 0.340 e. The van der Waals surface area contributed by atoms with E-state index in [1.165, 1.54) is 49.7 Å². The van der Waals surface area contributed by atoms with Gasteiger partial charge in [0.2, 0.25) is 5.91 Å². The van der Waals surface area contributed by atoms with Crippen molar-refractivity contribution in [3.63, 3.8) is 0 Å². The van der Waals surface area contributed by atoms with Crippen LogP contribution in [0.2, 0.25) is 0 Å². The van der Waals surface area contributed by atoms with Crippen LogP contribution in [0.5, 0.6) is 0 Å². The fourth-order valence-electron chi connectivity index (χ4n) is 7.95. The third kappa shape index (κ3) is 5.69. The molecule has 1 radical (unpaired) electrons. The van der Waals surface area contributed by atoms with E-state index in [0.29, 0.717) is 24.8 Å². The summed E-state index contributed by atoms with van der Waals surface area (Å²) in [5.74, 6) is 1.29. The van der Waals surface area contributed by atoms with Crippen molar-refractivity contribution in [2.24, 2.45) is 0 Å². The maximum Gasteiger partial charge on any atom is 0.231 e. The highest BCUT2D eigenvalue weighted by Crippen LogP contribution is 2.47. The molecule has 5 aromatic carbocycles. The molecule has 4 nitrogen and oxygen atoms in total. The summed E-state index contributed by atoms with van der Waals surface area (Å²) in [6, 6.07) is 39.5. The Kier molecular flexibility index (Phi) is 9.07. The zero-order valence-corrected chi connectivity index (χ0v) is 30.9. The van der Waals surface area contributed by atoms with E-state index in [0.717, 1.165) is 23.1 Å². The van der Waals surface area contributed by atoms with Crippen LogP contribution in [0.15, 0.2) is 109 Å². The number of fused-ring (bicyclic) bond motifs is 3. The number of hydrogen-bond acceptors (Lipinski definition) is 2. The number of para-hydroxylation sites is 4. The number of carbonyl (C=O) groups excluding carboxylic acids is 1. The van der Waals surface area contributed by atoms with Crippen molar-refractivity contribution >= 4 is 39.1 Å². The average molecular weight is 661 g/mol. The molecule has 0 unspecified atom stereocenters. The molecule has 1 aliphatic heterocycles. The van der Waals surface area contributed by atoms with Crippen LogP contribution in [-0.4, -0.2) is 17.0 Å². The van der Waals surface area contributed by atoms with Gasteiger partial charge in [-0.2, -0.15) is 0 Å². The summed E-state index contributed by atoms with van der Waals surface area (Å²) in [7, 11) is 0. The maximum absolute atomic E-state index is 14.6. The minimum atomic E-state index is 0.144. The third-order valence-electron chi connectivity index (χ3n) is 10.4. The molecule has 1 amide bonds. The molecule has 0 atom stereocenters. The lowest BCUT2D eigenvalue weighted by Crippen LogP contribution is -2.53. The molecular weight excluding hydrogens is 611 g/mol. The summed E-state index contributed by atoms with van der Waals surface area (Å²) in [5, 5.41) is 2.49. The maximum atomic E-state index is 14.6. The molecule has 50 heavy (non-hydrogen) atoms. The Morgan fingerprint density at radius 2 is 0.940 bits per heavy atom. The lowest BCUT2D eigenvalue weighted by molar-refractivity contribution is -0.118. The molecule has 1 aliphatic rings. The van der Waals surface area contributed by atoms with Gasteiger partial charge in [0, 0.05) is 40.7 Å². The van der Waals surface area contributed by atoms with Crippen molar-refractivity contribution in [3.05, 3.63) is 143 Å². The molecule has 4 heteroatoms. The fraction of sp³-hybridized carbons (Fsp3) is 0.304. The Morgan fingerprint density at radius 3 is 1.40 bits per heavy atom. The molecule has 7 rings (SSSR count). The van der Waals surface area contributed by atoms with Gasteiger partial charge < -0.3 is 9.47 Å². The van der Waals surface area contributed by atoms with Gasteiger partial charge in [0.05, 0.1) is 16.7 Å². The van der Waals surface area contributed by atoms with Crippen LogP contribution in [0.25, 0.3) is 27.5 Å². The molecule has 0 spiro atoms. The van der Waals surface area contributed by atoms with E-state index in [1.54, 1.807) is 0 Å². The first-order chi connectivity index (χ1) is 24.1. The van der Waals surface area contributed by atoms with Crippen molar-refractivity contribution in [3.8, 4) is 5.69 Å². The highest BCUT2D eigenvalue weighted by molar-refractivity contribution is 6.09. The van der Waals surface area contributed by atoms with Gasteiger partial charge in [0.25, 0.3) is 0 Å². The summed E-state index contributed by atoms with van der Waals surface area (Å²) >= 11 is 0. The Balaban J connectivity index is 1.48. The Morgan fingerprint density at radius 1 is 0.500 bits per heavy atom. The average Bonchev–Trinajstić information content (AvgIpc) is 3.45. The van der Waals surface area contributed by atoms with E-state index >= 15 is 0 Å². The first-order valence-corrected chi connectivity index (χ1v) is 18.4. The lowest BCUT2D eigenvalue weighted by Gasteiger charge is -2.47. The normalized spacial score (nSPS) is 14.4. The monoisotopic (exact) mass is 660 g/mol. The van der Waals surface area contributed by atoms with E-state index in [9.17, 15) is 4.79 Å². The molecule has 1 aromatic heterocycles.